The Morgan fingerprint density at radius 1 is 0.821 bits per heavy atom. The average Bonchev–Trinajstić information content (AvgIpc) is 3.50. The highest BCUT2D eigenvalue weighted by Gasteiger charge is 2.35. The van der Waals surface area contributed by atoms with Gasteiger partial charge in [-0.2, -0.15) is 13.2 Å². The van der Waals surface area contributed by atoms with Gasteiger partial charge in [-0.15, -0.1) is 10.2 Å². The Labute approximate surface area is 218 Å². The molecule has 0 aliphatic rings. The van der Waals surface area contributed by atoms with Gasteiger partial charge in [0, 0.05) is 29.0 Å². The van der Waals surface area contributed by atoms with Gasteiger partial charge < -0.3 is 0 Å². The fourth-order valence-electron chi connectivity index (χ4n) is 5.12. The number of rotatable bonds is 3. The number of benzene rings is 3. The number of aryl methyl sites for hydroxylation is 1. The summed E-state index contributed by atoms with van der Waals surface area (Å²) in [6.07, 6.45) is -0.869. The van der Waals surface area contributed by atoms with Crippen molar-refractivity contribution in [2.24, 2.45) is 0 Å². The molecule has 4 heterocycles. The van der Waals surface area contributed by atoms with Crippen LogP contribution in [0.15, 0.2) is 79.1 Å². The molecule has 7 rings (SSSR count). The minimum atomic E-state index is -4.86. The van der Waals surface area contributed by atoms with Gasteiger partial charge in [-0.25, -0.2) is 4.39 Å². The van der Waals surface area contributed by atoms with E-state index in [2.05, 4.69) is 20.2 Å². The fourth-order valence-corrected chi connectivity index (χ4v) is 5.12. The molecule has 39 heavy (non-hydrogen) atoms. The minimum absolute atomic E-state index is 0.115. The maximum absolute atomic E-state index is 14.2. The van der Waals surface area contributed by atoms with E-state index in [-0.39, 0.29) is 5.69 Å². The maximum Gasteiger partial charge on any atom is 0.419 e. The molecule has 0 saturated carbocycles. The summed E-state index contributed by atoms with van der Waals surface area (Å²) in [6, 6.07) is 18.5. The molecule has 0 aliphatic carbocycles. The molecule has 3 aromatic carbocycles. The predicted molar refractivity (Wildman–Crippen MR) is 140 cm³/mol. The van der Waals surface area contributed by atoms with Gasteiger partial charge in [0.05, 0.1) is 39.5 Å². The van der Waals surface area contributed by atoms with E-state index < -0.39 is 17.6 Å². The van der Waals surface area contributed by atoms with Gasteiger partial charge in [0.1, 0.15) is 11.6 Å². The molecule has 192 valence electrons. The second-order valence-corrected chi connectivity index (χ2v) is 9.24. The van der Waals surface area contributed by atoms with Crippen LogP contribution in [0.3, 0.4) is 0 Å². The van der Waals surface area contributed by atoms with Crippen LogP contribution < -0.4 is 0 Å². The summed E-state index contributed by atoms with van der Waals surface area (Å²) >= 11 is 0. The molecule has 4 aromatic heterocycles. The lowest BCUT2D eigenvalue weighted by Gasteiger charge is -2.12. The van der Waals surface area contributed by atoms with E-state index in [1.807, 2.05) is 55.5 Å². The molecular formula is C29H18F4N6. The van der Waals surface area contributed by atoms with Gasteiger partial charge in [0.15, 0.2) is 0 Å². The van der Waals surface area contributed by atoms with Crippen molar-refractivity contribution >= 4 is 38.6 Å². The number of hydrogen-bond acceptors (Lipinski definition) is 4. The Kier molecular flexibility index (Phi) is 4.97. The van der Waals surface area contributed by atoms with Crippen LogP contribution >= 0.6 is 0 Å². The highest BCUT2D eigenvalue weighted by molar-refractivity contribution is 6.06. The van der Waals surface area contributed by atoms with Crippen LogP contribution in [0, 0.1) is 5.82 Å². The van der Waals surface area contributed by atoms with Gasteiger partial charge in [-0.05, 0) is 48.0 Å². The number of nitrogens with zero attached hydrogens (tertiary/aromatic N) is 6. The van der Waals surface area contributed by atoms with E-state index >= 15 is 0 Å². The van der Waals surface area contributed by atoms with Crippen LogP contribution in [0.4, 0.5) is 17.6 Å². The average molecular weight is 526 g/mol. The fraction of sp³-hybridized carbons (Fsp3) is 0.103. The summed E-state index contributed by atoms with van der Waals surface area (Å²) in [6.45, 7) is 1.92. The van der Waals surface area contributed by atoms with Gasteiger partial charge >= 0.3 is 6.18 Å². The molecule has 0 aliphatic heterocycles. The molecule has 0 N–H and O–H groups in total. The lowest BCUT2D eigenvalue weighted by atomic mass is 10.0. The Bertz CT molecular complexity index is 2070. The topological polar surface area (TPSA) is 60.9 Å². The van der Waals surface area contributed by atoms with Crippen molar-refractivity contribution in [1.29, 1.82) is 0 Å². The highest BCUT2D eigenvalue weighted by atomic mass is 19.4. The minimum Gasteiger partial charge on any atom is -0.276 e. The number of fused-ring (bicyclic) bond motifs is 6. The summed E-state index contributed by atoms with van der Waals surface area (Å²) < 4.78 is 58.6. The standard InChI is InChI=1S/C29H18F4N6/c1-2-26-36-37-28-38(19-8-9-22(30)21(13-19)29(31,32)33)27-20-12-16(7-10-24(20)35-15-25(27)39(26)28)18-11-17-5-3-4-6-23(17)34-14-18/h3-15H,2H2,1H3. The second kappa shape index (κ2) is 8.32. The lowest BCUT2D eigenvalue weighted by Crippen LogP contribution is -2.09. The Morgan fingerprint density at radius 2 is 1.64 bits per heavy atom. The second-order valence-electron chi connectivity index (χ2n) is 9.24. The van der Waals surface area contributed by atoms with Crippen LogP contribution in [0.5, 0.6) is 0 Å². The van der Waals surface area contributed by atoms with E-state index in [1.165, 1.54) is 6.07 Å². The summed E-state index contributed by atoms with van der Waals surface area (Å²) in [7, 11) is 0. The first kappa shape index (κ1) is 23.3. The SMILES string of the molecule is CCc1nnc2n(-c3ccc(F)c(C(F)(F)F)c3)c3c4cc(-c5cnc6ccccc6c5)ccc4ncc3n12. The molecule has 6 nitrogen and oxygen atoms in total. The Morgan fingerprint density at radius 3 is 2.46 bits per heavy atom. The van der Waals surface area contributed by atoms with Crippen LogP contribution in [0.2, 0.25) is 0 Å². The number of pyridine rings is 2. The first-order valence-corrected chi connectivity index (χ1v) is 12.2. The summed E-state index contributed by atoms with van der Waals surface area (Å²) in [5, 5.41) is 10.2. The third kappa shape index (κ3) is 3.55. The number of hydrogen-bond donors (Lipinski definition) is 0. The number of aromatic nitrogens is 6. The monoisotopic (exact) mass is 526 g/mol. The smallest absolute Gasteiger partial charge is 0.276 e. The van der Waals surface area contributed by atoms with Crippen LogP contribution in [-0.2, 0) is 12.6 Å². The van der Waals surface area contributed by atoms with Gasteiger partial charge in [0.2, 0.25) is 5.78 Å². The molecular weight excluding hydrogens is 508 g/mol. The molecule has 0 unspecified atom stereocenters. The zero-order valence-corrected chi connectivity index (χ0v) is 20.4. The van der Waals surface area contributed by atoms with E-state index in [1.54, 1.807) is 21.4 Å². The zero-order valence-electron chi connectivity index (χ0n) is 20.4. The normalized spacial score (nSPS) is 12.3. The molecule has 0 bridgehead atoms. The third-order valence-electron chi connectivity index (χ3n) is 6.95. The van der Waals surface area contributed by atoms with Crippen LogP contribution in [0.25, 0.3) is 55.4 Å². The summed E-state index contributed by atoms with van der Waals surface area (Å²) in [4.78, 5) is 9.20. The predicted octanol–water partition coefficient (Wildman–Crippen LogP) is 7.16. The molecule has 0 fully saturated rings. The quantitative estimate of drug-likeness (QED) is 0.229. The number of alkyl halides is 3. The number of para-hydroxylation sites is 1. The molecule has 0 amide bonds. The van der Waals surface area contributed by atoms with Crippen molar-refractivity contribution in [2.45, 2.75) is 19.5 Å². The van der Waals surface area contributed by atoms with Crippen molar-refractivity contribution in [1.82, 2.24) is 29.1 Å². The molecule has 0 spiro atoms. The van der Waals surface area contributed by atoms with E-state index in [0.29, 0.717) is 40.0 Å². The molecule has 0 radical (unpaired) electrons. The molecule has 7 aromatic rings. The van der Waals surface area contributed by atoms with Crippen molar-refractivity contribution in [2.75, 3.05) is 0 Å². The Hall–Kier alpha value is -4.86. The van der Waals surface area contributed by atoms with Crippen LogP contribution in [-0.4, -0.2) is 29.1 Å². The number of imidazole rings is 1. The third-order valence-corrected chi connectivity index (χ3v) is 6.95. The summed E-state index contributed by atoms with van der Waals surface area (Å²) in [5.74, 6) is -0.399. The maximum atomic E-state index is 14.2. The number of halogens is 4. The van der Waals surface area contributed by atoms with Crippen molar-refractivity contribution in [3.63, 3.8) is 0 Å². The van der Waals surface area contributed by atoms with E-state index in [9.17, 15) is 17.6 Å². The molecule has 0 saturated heterocycles. The van der Waals surface area contributed by atoms with Gasteiger partial charge in [-0.3, -0.25) is 18.9 Å². The van der Waals surface area contributed by atoms with Crippen molar-refractivity contribution in [3.05, 3.63) is 96.3 Å². The largest absolute Gasteiger partial charge is 0.419 e. The molecule has 10 heteroatoms. The lowest BCUT2D eigenvalue weighted by molar-refractivity contribution is -0.140. The first-order chi connectivity index (χ1) is 18.8. The van der Waals surface area contributed by atoms with Gasteiger partial charge in [-0.1, -0.05) is 31.2 Å². The van der Waals surface area contributed by atoms with E-state index in [0.717, 1.165) is 34.2 Å². The molecule has 0 atom stereocenters. The zero-order chi connectivity index (χ0) is 26.9. The Balaban J connectivity index is 1.56. The summed E-state index contributed by atoms with van der Waals surface area (Å²) in [5.41, 5.74) is 3.25. The van der Waals surface area contributed by atoms with Crippen molar-refractivity contribution in [3.8, 4) is 16.8 Å². The van der Waals surface area contributed by atoms with Crippen molar-refractivity contribution < 1.29 is 17.6 Å². The first-order valence-electron chi connectivity index (χ1n) is 12.2. The van der Waals surface area contributed by atoms with Crippen LogP contribution in [0.1, 0.15) is 18.3 Å². The highest BCUT2D eigenvalue weighted by Crippen LogP contribution is 2.37. The van der Waals surface area contributed by atoms with E-state index in [4.69, 9.17) is 0 Å². The van der Waals surface area contributed by atoms with Gasteiger partial charge in [0.25, 0.3) is 0 Å².